The van der Waals surface area contributed by atoms with E-state index in [4.69, 9.17) is 0 Å². The number of anilines is 1. The quantitative estimate of drug-likeness (QED) is 0.848. The van der Waals surface area contributed by atoms with Crippen molar-refractivity contribution >= 4 is 11.6 Å². The first-order valence-corrected chi connectivity index (χ1v) is 9.61. The van der Waals surface area contributed by atoms with Crippen LogP contribution in [0.1, 0.15) is 29.2 Å². The first-order valence-electron chi connectivity index (χ1n) is 9.61. The highest BCUT2D eigenvalue weighted by molar-refractivity contribution is 5.75. The molecule has 0 spiro atoms. The zero-order valence-electron chi connectivity index (χ0n) is 16.5. The van der Waals surface area contributed by atoms with E-state index >= 15 is 0 Å². The zero-order valence-corrected chi connectivity index (χ0v) is 16.5. The lowest BCUT2D eigenvalue weighted by Crippen LogP contribution is -2.47. The van der Waals surface area contributed by atoms with Gasteiger partial charge in [-0.2, -0.15) is 0 Å². The van der Waals surface area contributed by atoms with E-state index in [-0.39, 0.29) is 5.91 Å². The molecule has 1 aromatic heterocycles. The molecule has 0 saturated carbocycles. The van der Waals surface area contributed by atoms with Gasteiger partial charge in [0.1, 0.15) is 5.82 Å². The van der Waals surface area contributed by atoms with Crippen LogP contribution in [-0.4, -0.2) is 53.5 Å². The van der Waals surface area contributed by atoms with Crippen LogP contribution in [-0.2, 0) is 11.3 Å². The predicted octanol–water partition coefficient (Wildman–Crippen LogP) is 2.23. The van der Waals surface area contributed by atoms with E-state index in [9.17, 15) is 4.79 Å². The third-order valence-electron chi connectivity index (χ3n) is 4.87. The van der Waals surface area contributed by atoms with Gasteiger partial charge in [-0.3, -0.25) is 9.69 Å². The number of rotatable bonds is 6. The summed E-state index contributed by atoms with van der Waals surface area (Å²) in [6.45, 7) is 11.2. The Labute approximate surface area is 161 Å². The Balaban J connectivity index is 1.39. The third-order valence-corrected chi connectivity index (χ3v) is 4.87. The second-order valence-corrected chi connectivity index (χ2v) is 7.26. The molecule has 1 aromatic carbocycles. The summed E-state index contributed by atoms with van der Waals surface area (Å²) >= 11 is 0. The minimum Gasteiger partial charge on any atom is -0.369 e. The van der Waals surface area contributed by atoms with Crippen LogP contribution in [0.4, 0.5) is 5.69 Å². The Morgan fingerprint density at radius 3 is 2.41 bits per heavy atom. The van der Waals surface area contributed by atoms with Crippen LogP contribution in [0.15, 0.2) is 30.3 Å². The molecular weight excluding hydrogens is 338 g/mol. The number of aromatic nitrogens is 2. The van der Waals surface area contributed by atoms with E-state index in [1.54, 1.807) is 0 Å². The summed E-state index contributed by atoms with van der Waals surface area (Å²) in [6, 6.07) is 10.6. The summed E-state index contributed by atoms with van der Waals surface area (Å²) in [4.78, 5) is 25.6. The minimum atomic E-state index is 0.0545. The molecule has 2 heterocycles. The van der Waals surface area contributed by atoms with E-state index in [0.717, 1.165) is 44.1 Å². The maximum Gasteiger partial charge on any atom is 0.221 e. The molecule has 0 radical (unpaired) electrons. The van der Waals surface area contributed by atoms with Gasteiger partial charge in [0.15, 0.2) is 0 Å². The molecule has 0 atom stereocenters. The first-order chi connectivity index (χ1) is 13.0. The number of nitrogens with zero attached hydrogens (tertiary/aromatic N) is 4. The first kappa shape index (κ1) is 19.3. The second kappa shape index (κ2) is 8.95. The molecule has 0 bridgehead atoms. The van der Waals surface area contributed by atoms with E-state index in [0.29, 0.717) is 18.8 Å². The van der Waals surface area contributed by atoms with Crippen LogP contribution in [0, 0.1) is 20.8 Å². The van der Waals surface area contributed by atoms with E-state index in [2.05, 4.69) is 56.3 Å². The largest absolute Gasteiger partial charge is 0.369 e. The molecule has 144 valence electrons. The molecule has 0 unspecified atom stereocenters. The van der Waals surface area contributed by atoms with Crippen molar-refractivity contribution in [3.8, 4) is 0 Å². The van der Waals surface area contributed by atoms with Gasteiger partial charge in [-0.15, -0.1) is 0 Å². The number of hydrogen-bond acceptors (Lipinski definition) is 5. The Kier molecular flexibility index (Phi) is 6.40. The maximum atomic E-state index is 12.1. The molecule has 2 aromatic rings. The molecule has 1 aliphatic rings. The lowest BCUT2D eigenvalue weighted by atomic mass is 10.2. The average molecular weight is 367 g/mol. The highest BCUT2D eigenvalue weighted by Gasteiger charge is 2.17. The SMILES string of the molecule is Cc1cccc(N2CCN(CCC(=O)NCc3nc(C)cc(C)n3)CC2)c1. The molecule has 27 heavy (non-hydrogen) atoms. The fourth-order valence-corrected chi connectivity index (χ4v) is 3.46. The van der Waals surface area contributed by atoms with Crippen LogP contribution in [0.3, 0.4) is 0 Å². The van der Waals surface area contributed by atoms with Crippen LogP contribution in [0.2, 0.25) is 0 Å². The smallest absolute Gasteiger partial charge is 0.221 e. The van der Waals surface area contributed by atoms with Crippen molar-refractivity contribution in [2.45, 2.75) is 33.7 Å². The Bertz CT molecular complexity index is 764. The average Bonchev–Trinajstić information content (AvgIpc) is 2.64. The van der Waals surface area contributed by atoms with E-state index < -0.39 is 0 Å². The van der Waals surface area contributed by atoms with Crippen LogP contribution in [0.5, 0.6) is 0 Å². The second-order valence-electron chi connectivity index (χ2n) is 7.26. The lowest BCUT2D eigenvalue weighted by molar-refractivity contribution is -0.121. The number of carbonyl (C=O) groups is 1. The molecule has 6 nitrogen and oxygen atoms in total. The van der Waals surface area contributed by atoms with Gasteiger partial charge in [-0.1, -0.05) is 12.1 Å². The molecule has 6 heteroatoms. The lowest BCUT2D eigenvalue weighted by Gasteiger charge is -2.36. The molecular formula is C21H29N5O. The molecule has 0 aliphatic carbocycles. The molecule has 1 saturated heterocycles. The number of nitrogens with one attached hydrogen (secondary N) is 1. The van der Waals surface area contributed by atoms with Crippen molar-refractivity contribution in [1.29, 1.82) is 0 Å². The normalized spacial score (nSPS) is 15.0. The third kappa shape index (κ3) is 5.76. The van der Waals surface area contributed by atoms with Gasteiger partial charge in [0.25, 0.3) is 0 Å². The van der Waals surface area contributed by atoms with Crippen molar-refractivity contribution in [2.75, 3.05) is 37.6 Å². The van der Waals surface area contributed by atoms with Crippen molar-refractivity contribution in [3.05, 3.63) is 53.1 Å². The van der Waals surface area contributed by atoms with E-state index in [1.807, 2.05) is 19.9 Å². The van der Waals surface area contributed by atoms with Crippen molar-refractivity contribution < 1.29 is 4.79 Å². The van der Waals surface area contributed by atoms with Gasteiger partial charge in [0.2, 0.25) is 5.91 Å². The van der Waals surface area contributed by atoms with Crippen LogP contribution >= 0.6 is 0 Å². The van der Waals surface area contributed by atoms with Gasteiger partial charge in [0, 0.05) is 56.2 Å². The Hall–Kier alpha value is -2.47. The Morgan fingerprint density at radius 2 is 1.74 bits per heavy atom. The predicted molar refractivity (Wildman–Crippen MR) is 108 cm³/mol. The molecule has 1 amide bonds. The number of hydrogen-bond donors (Lipinski definition) is 1. The minimum absolute atomic E-state index is 0.0545. The van der Waals surface area contributed by atoms with Gasteiger partial charge < -0.3 is 10.2 Å². The maximum absolute atomic E-state index is 12.1. The van der Waals surface area contributed by atoms with Crippen molar-refractivity contribution in [2.24, 2.45) is 0 Å². The molecule has 1 aliphatic heterocycles. The van der Waals surface area contributed by atoms with Gasteiger partial charge in [0.05, 0.1) is 6.54 Å². The number of carbonyl (C=O) groups excluding carboxylic acids is 1. The number of amides is 1. The van der Waals surface area contributed by atoms with Crippen molar-refractivity contribution in [3.63, 3.8) is 0 Å². The molecule has 1 fully saturated rings. The van der Waals surface area contributed by atoms with Crippen LogP contribution < -0.4 is 10.2 Å². The van der Waals surface area contributed by atoms with E-state index in [1.165, 1.54) is 11.3 Å². The zero-order chi connectivity index (χ0) is 19.2. The summed E-state index contributed by atoms with van der Waals surface area (Å²) in [6.07, 6.45) is 0.509. The Morgan fingerprint density at radius 1 is 1.04 bits per heavy atom. The number of piperazine rings is 1. The topological polar surface area (TPSA) is 61.4 Å². The van der Waals surface area contributed by atoms with Crippen molar-refractivity contribution in [1.82, 2.24) is 20.2 Å². The standard InChI is InChI=1S/C21H29N5O/c1-16-5-4-6-19(13-16)26-11-9-25(10-12-26)8-7-21(27)22-15-20-23-17(2)14-18(3)24-20/h4-6,13-14H,7-12,15H2,1-3H3,(H,22,27). The highest BCUT2D eigenvalue weighted by atomic mass is 16.1. The fraction of sp³-hybridized carbons (Fsp3) is 0.476. The van der Waals surface area contributed by atoms with Gasteiger partial charge >= 0.3 is 0 Å². The molecule has 1 N–H and O–H groups in total. The summed E-state index contributed by atoms with van der Waals surface area (Å²) < 4.78 is 0. The number of aryl methyl sites for hydroxylation is 3. The summed E-state index contributed by atoms with van der Waals surface area (Å²) in [5, 5.41) is 2.93. The summed E-state index contributed by atoms with van der Waals surface area (Å²) in [5.74, 6) is 0.728. The molecule has 3 rings (SSSR count). The summed E-state index contributed by atoms with van der Waals surface area (Å²) in [5.41, 5.74) is 4.44. The number of benzene rings is 1. The van der Waals surface area contributed by atoms with Gasteiger partial charge in [-0.05, 0) is 44.5 Å². The monoisotopic (exact) mass is 367 g/mol. The fourth-order valence-electron chi connectivity index (χ4n) is 3.46. The highest BCUT2D eigenvalue weighted by Crippen LogP contribution is 2.17. The van der Waals surface area contributed by atoms with Gasteiger partial charge in [-0.25, -0.2) is 9.97 Å². The van der Waals surface area contributed by atoms with Crippen LogP contribution in [0.25, 0.3) is 0 Å². The summed E-state index contributed by atoms with van der Waals surface area (Å²) in [7, 11) is 0.